The maximum atomic E-state index is 12.7. The highest BCUT2D eigenvalue weighted by Gasteiger charge is 2.22. The van der Waals surface area contributed by atoms with Crippen LogP contribution < -0.4 is 10.6 Å². The zero-order valence-electron chi connectivity index (χ0n) is 14.9. The second kappa shape index (κ2) is 10.2. The van der Waals surface area contributed by atoms with Crippen molar-refractivity contribution in [3.8, 4) is 0 Å². The van der Waals surface area contributed by atoms with Crippen LogP contribution in [0.4, 0.5) is 5.69 Å². The lowest BCUT2D eigenvalue weighted by atomic mass is 10.1. The zero-order valence-corrected chi connectivity index (χ0v) is 16.5. The van der Waals surface area contributed by atoms with Crippen LogP contribution in [0.2, 0.25) is 5.02 Å². The molecule has 0 saturated heterocycles. The van der Waals surface area contributed by atoms with Gasteiger partial charge in [0.05, 0.1) is 10.6 Å². The molecule has 2 N–H and O–H groups in total. The van der Waals surface area contributed by atoms with Crippen LogP contribution in [0.25, 0.3) is 0 Å². The molecule has 1 atom stereocenters. The average Bonchev–Trinajstić information content (AvgIpc) is 2.65. The molecule has 2 aromatic carbocycles. The Hall–Kier alpha value is -1.98. The Morgan fingerprint density at radius 3 is 2.42 bits per heavy atom. The molecule has 26 heavy (non-hydrogen) atoms. The van der Waals surface area contributed by atoms with E-state index in [4.69, 9.17) is 11.6 Å². The van der Waals surface area contributed by atoms with Crippen LogP contribution in [0.3, 0.4) is 0 Å². The fourth-order valence-corrected chi connectivity index (χ4v) is 3.13. The van der Waals surface area contributed by atoms with Crippen LogP contribution in [-0.4, -0.2) is 29.9 Å². The topological polar surface area (TPSA) is 58.2 Å². The van der Waals surface area contributed by atoms with E-state index in [0.29, 0.717) is 22.7 Å². The minimum atomic E-state index is -0.628. The molecule has 2 rings (SSSR count). The number of nitrogens with one attached hydrogen (secondary N) is 2. The van der Waals surface area contributed by atoms with Gasteiger partial charge in [0, 0.05) is 5.69 Å². The Morgan fingerprint density at radius 2 is 1.81 bits per heavy atom. The van der Waals surface area contributed by atoms with Crippen molar-refractivity contribution in [3.63, 3.8) is 0 Å². The number of hydrogen-bond donors (Lipinski definition) is 2. The lowest BCUT2D eigenvalue weighted by Crippen LogP contribution is -2.44. The predicted octanol–water partition coefficient (Wildman–Crippen LogP) is 4.39. The van der Waals surface area contributed by atoms with Crippen molar-refractivity contribution in [1.82, 2.24) is 5.32 Å². The zero-order chi connectivity index (χ0) is 18.9. The van der Waals surface area contributed by atoms with E-state index in [1.54, 1.807) is 36.0 Å². The van der Waals surface area contributed by atoms with E-state index in [-0.39, 0.29) is 11.8 Å². The Bertz CT molecular complexity index is 750. The van der Waals surface area contributed by atoms with Gasteiger partial charge >= 0.3 is 0 Å². The minimum Gasteiger partial charge on any atom is -0.340 e. The second-order valence-corrected chi connectivity index (χ2v) is 7.22. The van der Waals surface area contributed by atoms with E-state index in [2.05, 4.69) is 17.6 Å². The number of hydrogen-bond acceptors (Lipinski definition) is 3. The third-order valence-corrected chi connectivity index (χ3v) is 4.95. The molecular formula is C20H23ClN2O2S. The SMILES string of the molecule is CCc1ccc(NC(=O)C(CCSC)NC(=O)c2ccccc2Cl)cc1. The molecule has 1 unspecified atom stereocenters. The molecule has 0 aliphatic heterocycles. The molecule has 0 bridgehead atoms. The quantitative estimate of drug-likeness (QED) is 0.702. The molecule has 0 aliphatic rings. The molecule has 6 heteroatoms. The summed E-state index contributed by atoms with van der Waals surface area (Å²) < 4.78 is 0. The van der Waals surface area contributed by atoms with Gasteiger partial charge < -0.3 is 10.6 Å². The van der Waals surface area contributed by atoms with Crippen molar-refractivity contribution in [1.29, 1.82) is 0 Å². The van der Waals surface area contributed by atoms with E-state index >= 15 is 0 Å². The Kier molecular flexibility index (Phi) is 8.01. The average molecular weight is 391 g/mol. The fourth-order valence-electron chi connectivity index (χ4n) is 2.44. The summed E-state index contributed by atoms with van der Waals surface area (Å²) in [7, 11) is 0. The minimum absolute atomic E-state index is 0.233. The molecule has 0 saturated carbocycles. The summed E-state index contributed by atoms with van der Waals surface area (Å²) in [5, 5.41) is 6.05. The molecule has 0 aliphatic carbocycles. The van der Waals surface area contributed by atoms with Crippen molar-refractivity contribution in [2.24, 2.45) is 0 Å². The number of carbonyl (C=O) groups excluding carboxylic acids is 2. The van der Waals surface area contributed by atoms with Crippen LogP contribution in [0.1, 0.15) is 29.3 Å². The monoisotopic (exact) mass is 390 g/mol. The highest BCUT2D eigenvalue weighted by molar-refractivity contribution is 7.98. The molecule has 0 heterocycles. The van der Waals surface area contributed by atoms with E-state index in [9.17, 15) is 9.59 Å². The predicted molar refractivity (Wildman–Crippen MR) is 110 cm³/mol. The third kappa shape index (κ3) is 5.78. The van der Waals surface area contributed by atoms with Gasteiger partial charge in [-0.2, -0.15) is 11.8 Å². The number of carbonyl (C=O) groups is 2. The highest BCUT2D eigenvalue weighted by atomic mass is 35.5. The number of thioether (sulfide) groups is 1. The van der Waals surface area contributed by atoms with Crippen LogP contribution in [0.5, 0.6) is 0 Å². The number of benzene rings is 2. The van der Waals surface area contributed by atoms with Gasteiger partial charge in [-0.15, -0.1) is 0 Å². The highest BCUT2D eigenvalue weighted by Crippen LogP contribution is 2.16. The maximum absolute atomic E-state index is 12.7. The van der Waals surface area contributed by atoms with Crippen molar-refractivity contribution >= 4 is 40.9 Å². The van der Waals surface area contributed by atoms with Gasteiger partial charge in [-0.05, 0) is 54.7 Å². The first-order valence-corrected chi connectivity index (χ1v) is 10.3. The van der Waals surface area contributed by atoms with Gasteiger partial charge in [-0.3, -0.25) is 9.59 Å². The normalized spacial score (nSPS) is 11.7. The summed E-state index contributed by atoms with van der Waals surface area (Å²) >= 11 is 7.71. The Balaban J connectivity index is 2.08. The first kappa shape index (κ1) is 20.3. The lowest BCUT2D eigenvalue weighted by molar-refractivity contribution is -0.118. The van der Waals surface area contributed by atoms with E-state index in [1.165, 1.54) is 5.56 Å². The smallest absolute Gasteiger partial charge is 0.253 e. The summed E-state index contributed by atoms with van der Waals surface area (Å²) in [4.78, 5) is 25.2. The standard InChI is InChI=1S/C20H23ClN2O2S/c1-3-14-8-10-15(11-9-14)22-20(25)18(12-13-26-2)23-19(24)16-6-4-5-7-17(16)21/h4-11,18H,3,12-13H2,1-2H3,(H,22,25)(H,23,24). The van der Waals surface area contributed by atoms with Gasteiger partial charge in [0.15, 0.2) is 0 Å². The summed E-state index contributed by atoms with van der Waals surface area (Å²) in [6, 6.07) is 13.9. The molecule has 2 aromatic rings. The number of aryl methyl sites for hydroxylation is 1. The van der Waals surface area contributed by atoms with Gasteiger partial charge in [-0.1, -0.05) is 42.8 Å². The molecule has 4 nitrogen and oxygen atoms in total. The largest absolute Gasteiger partial charge is 0.340 e. The number of rotatable bonds is 8. The van der Waals surface area contributed by atoms with E-state index in [0.717, 1.165) is 12.2 Å². The summed E-state index contributed by atoms with van der Waals surface area (Å²) in [6.45, 7) is 2.08. The lowest BCUT2D eigenvalue weighted by Gasteiger charge is -2.18. The van der Waals surface area contributed by atoms with Crippen LogP contribution in [0.15, 0.2) is 48.5 Å². The third-order valence-electron chi connectivity index (χ3n) is 3.98. The fraction of sp³-hybridized carbons (Fsp3) is 0.300. The van der Waals surface area contributed by atoms with Gasteiger partial charge in [0.2, 0.25) is 5.91 Å². The van der Waals surface area contributed by atoms with Gasteiger partial charge in [0.1, 0.15) is 6.04 Å². The Morgan fingerprint density at radius 1 is 1.12 bits per heavy atom. The van der Waals surface area contributed by atoms with Gasteiger partial charge in [0.25, 0.3) is 5.91 Å². The molecule has 0 aromatic heterocycles. The van der Waals surface area contributed by atoms with Crippen molar-refractivity contribution in [2.75, 3.05) is 17.3 Å². The number of anilines is 1. The summed E-state index contributed by atoms with van der Waals surface area (Å²) in [6.07, 6.45) is 3.45. The van der Waals surface area contributed by atoms with E-state index < -0.39 is 6.04 Å². The number of halogens is 1. The van der Waals surface area contributed by atoms with Crippen LogP contribution in [0, 0.1) is 0 Å². The van der Waals surface area contributed by atoms with Crippen molar-refractivity contribution in [2.45, 2.75) is 25.8 Å². The Labute approximate surface area is 163 Å². The molecule has 138 valence electrons. The van der Waals surface area contributed by atoms with Gasteiger partial charge in [-0.25, -0.2) is 0 Å². The van der Waals surface area contributed by atoms with E-state index in [1.807, 2.05) is 30.5 Å². The maximum Gasteiger partial charge on any atom is 0.253 e. The summed E-state index contributed by atoms with van der Waals surface area (Å²) in [5.41, 5.74) is 2.28. The molecule has 0 fully saturated rings. The van der Waals surface area contributed by atoms with Crippen LogP contribution in [-0.2, 0) is 11.2 Å². The number of amides is 2. The first-order valence-electron chi connectivity index (χ1n) is 8.49. The first-order chi connectivity index (χ1) is 12.5. The second-order valence-electron chi connectivity index (χ2n) is 5.83. The molecule has 2 amide bonds. The van der Waals surface area contributed by atoms with Crippen molar-refractivity contribution < 1.29 is 9.59 Å². The molecule has 0 radical (unpaired) electrons. The summed E-state index contributed by atoms with van der Waals surface area (Å²) in [5.74, 6) is 0.178. The van der Waals surface area contributed by atoms with Crippen molar-refractivity contribution in [3.05, 3.63) is 64.7 Å². The van der Waals surface area contributed by atoms with Crippen LogP contribution >= 0.6 is 23.4 Å². The molecular weight excluding hydrogens is 368 g/mol. The molecule has 0 spiro atoms.